The van der Waals surface area contributed by atoms with Crippen LogP contribution in [0, 0.1) is 0 Å². The Kier molecular flexibility index (Phi) is 5.83. The Morgan fingerprint density at radius 1 is 0.966 bits per heavy atom. The van der Waals surface area contributed by atoms with Crippen molar-refractivity contribution in [2.45, 2.75) is 12.5 Å². The zero-order chi connectivity index (χ0) is 20.4. The number of carbonyl (C=O) groups excluding carboxylic acids is 1. The van der Waals surface area contributed by atoms with Gasteiger partial charge >= 0.3 is 0 Å². The zero-order valence-electron chi connectivity index (χ0n) is 15.7. The molecular formula is C23H18Br2N2O2. The summed E-state index contributed by atoms with van der Waals surface area (Å²) in [7, 11) is 1.64. The third kappa shape index (κ3) is 4.14. The Hall–Kier alpha value is -2.44. The highest BCUT2D eigenvalue weighted by atomic mass is 79.9. The van der Waals surface area contributed by atoms with Gasteiger partial charge in [-0.05, 0) is 54.1 Å². The normalized spacial score (nSPS) is 15.9. The van der Waals surface area contributed by atoms with Crippen LogP contribution in [0.4, 0.5) is 0 Å². The fourth-order valence-corrected chi connectivity index (χ4v) is 3.94. The molecule has 4 rings (SSSR count). The molecule has 1 heterocycles. The first-order valence-corrected chi connectivity index (χ1v) is 10.7. The largest absolute Gasteiger partial charge is 0.496 e. The SMILES string of the molecule is COc1ccccc1C1=NN(C(=O)c2ccc(Br)cc2)C(c2ccc(Br)cc2)C1. The van der Waals surface area contributed by atoms with Gasteiger partial charge in [-0.3, -0.25) is 4.79 Å². The fourth-order valence-electron chi connectivity index (χ4n) is 3.41. The van der Waals surface area contributed by atoms with Crippen molar-refractivity contribution in [3.05, 3.63) is 98.4 Å². The number of nitrogens with zero attached hydrogens (tertiary/aromatic N) is 2. The molecule has 1 aliphatic heterocycles. The predicted molar refractivity (Wildman–Crippen MR) is 121 cm³/mol. The van der Waals surface area contributed by atoms with E-state index in [1.54, 1.807) is 12.1 Å². The smallest absolute Gasteiger partial charge is 0.274 e. The molecule has 0 spiro atoms. The van der Waals surface area contributed by atoms with Crippen LogP contribution in [0.25, 0.3) is 0 Å². The number of methoxy groups -OCH3 is 1. The molecule has 3 aromatic rings. The summed E-state index contributed by atoms with van der Waals surface area (Å²) in [5.74, 6) is 0.620. The van der Waals surface area contributed by atoms with Crippen LogP contribution in [0.3, 0.4) is 0 Å². The maximum absolute atomic E-state index is 13.3. The summed E-state index contributed by atoms with van der Waals surface area (Å²) in [4.78, 5) is 13.3. The van der Waals surface area contributed by atoms with Gasteiger partial charge in [-0.2, -0.15) is 5.10 Å². The van der Waals surface area contributed by atoms with E-state index in [9.17, 15) is 4.79 Å². The van der Waals surface area contributed by atoms with Crippen LogP contribution in [0.5, 0.6) is 5.75 Å². The quantitative estimate of drug-likeness (QED) is 0.416. The van der Waals surface area contributed by atoms with Gasteiger partial charge in [-0.1, -0.05) is 56.1 Å². The Morgan fingerprint density at radius 2 is 1.59 bits per heavy atom. The van der Waals surface area contributed by atoms with E-state index in [1.807, 2.05) is 72.8 Å². The monoisotopic (exact) mass is 512 g/mol. The van der Waals surface area contributed by atoms with Crippen molar-refractivity contribution in [2.75, 3.05) is 7.11 Å². The van der Waals surface area contributed by atoms with Crippen molar-refractivity contribution in [3.63, 3.8) is 0 Å². The summed E-state index contributed by atoms with van der Waals surface area (Å²) >= 11 is 6.90. The third-order valence-electron chi connectivity index (χ3n) is 4.88. The number of hydrogen-bond acceptors (Lipinski definition) is 3. The van der Waals surface area contributed by atoms with E-state index < -0.39 is 0 Å². The van der Waals surface area contributed by atoms with Gasteiger partial charge in [-0.25, -0.2) is 5.01 Å². The van der Waals surface area contributed by atoms with Crippen LogP contribution in [-0.2, 0) is 0 Å². The van der Waals surface area contributed by atoms with Crippen LogP contribution in [0.2, 0.25) is 0 Å². The lowest BCUT2D eigenvalue weighted by Gasteiger charge is -2.22. The molecule has 146 valence electrons. The molecule has 4 nitrogen and oxygen atoms in total. The molecule has 1 atom stereocenters. The fraction of sp³-hybridized carbons (Fsp3) is 0.130. The first-order valence-electron chi connectivity index (χ1n) is 9.12. The first kappa shape index (κ1) is 19.9. The molecule has 0 radical (unpaired) electrons. The van der Waals surface area contributed by atoms with Crippen LogP contribution in [0.15, 0.2) is 86.8 Å². The molecule has 0 N–H and O–H groups in total. The number of rotatable bonds is 4. The van der Waals surface area contributed by atoms with Crippen LogP contribution >= 0.6 is 31.9 Å². The highest BCUT2D eigenvalue weighted by molar-refractivity contribution is 9.10. The van der Waals surface area contributed by atoms with Crippen molar-refractivity contribution < 1.29 is 9.53 Å². The maximum atomic E-state index is 13.3. The molecule has 29 heavy (non-hydrogen) atoms. The summed E-state index contributed by atoms with van der Waals surface area (Å²) in [6, 6.07) is 22.9. The highest BCUT2D eigenvalue weighted by Crippen LogP contribution is 2.36. The summed E-state index contributed by atoms with van der Waals surface area (Å²) in [6.45, 7) is 0. The maximum Gasteiger partial charge on any atom is 0.274 e. The van der Waals surface area contributed by atoms with Gasteiger partial charge in [0.2, 0.25) is 0 Å². The van der Waals surface area contributed by atoms with Gasteiger partial charge < -0.3 is 4.74 Å². The van der Waals surface area contributed by atoms with Crippen LogP contribution in [0.1, 0.15) is 33.9 Å². The van der Waals surface area contributed by atoms with E-state index >= 15 is 0 Å². The lowest BCUT2D eigenvalue weighted by Crippen LogP contribution is -2.27. The topological polar surface area (TPSA) is 41.9 Å². The first-order chi connectivity index (χ1) is 14.1. The lowest BCUT2D eigenvalue weighted by molar-refractivity contribution is 0.0711. The van der Waals surface area contributed by atoms with Crippen molar-refractivity contribution in [1.82, 2.24) is 5.01 Å². The summed E-state index contributed by atoms with van der Waals surface area (Å²) in [6.07, 6.45) is 0.615. The number of ether oxygens (including phenoxy) is 1. The van der Waals surface area contributed by atoms with Crippen LogP contribution < -0.4 is 4.74 Å². The van der Waals surface area contributed by atoms with E-state index in [-0.39, 0.29) is 11.9 Å². The van der Waals surface area contributed by atoms with Crippen LogP contribution in [-0.4, -0.2) is 23.7 Å². The van der Waals surface area contributed by atoms with E-state index in [0.29, 0.717) is 12.0 Å². The summed E-state index contributed by atoms with van der Waals surface area (Å²) in [5.41, 5.74) is 3.37. The number of halogens is 2. The Morgan fingerprint density at radius 3 is 2.24 bits per heavy atom. The molecule has 0 saturated heterocycles. The minimum absolute atomic E-state index is 0.129. The molecule has 1 aliphatic rings. The van der Waals surface area contributed by atoms with Gasteiger partial charge in [0.15, 0.2) is 0 Å². The molecule has 6 heteroatoms. The molecule has 0 fully saturated rings. The molecular weight excluding hydrogens is 496 g/mol. The molecule has 1 amide bonds. The van der Waals surface area contributed by atoms with Crippen molar-refractivity contribution in [1.29, 1.82) is 0 Å². The second-order valence-corrected chi connectivity index (χ2v) is 8.51. The number of hydrogen-bond donors (Lipinski definition) is 0. The molecule has 3 aromatic carbocycles. The molecule has 0 saturated carbocycles. The van der Waals surface area contributed by atoms with Gasteiger partial charge in [0.05, 0.1) is 18.9 Å². The van der Waals surface area contributed by atoms with E-state index in [2.05, 4.69) is 31.9 Å². The Balaban J connectivity index is 1.75. The number of amides is 1. The summed E-state index contributed by atoms with van der Waals surface area (Å²) < 4.78 is 7.44. The number of benzene rings is 3. The molecule has 0 bridgehead atoms. The minimum Gasteiger partial charge on any atom is -0.496 e. The average molecular weight is 514 g/mol. The third-order valence-corrected chi connectivity index (χ3v) is 5.94. The van der Waals surface area contributed by atoms with E-state index in [1.165, 1.54) is 0 Å². The summed E-state index contributed by atoms with van der Waals surface area (Å²) in [5, 5.41) is 6.33. The standard InChI is InChI=1S/C23H18Br2N2O2/c1-29-22-5-3-2-4-19(22)20-14-21(15-6-10-17(24)11-7-15)27(26-20)23(28)16-8-12-18(25)13-9-16/h2-13,21H,14H2,1H3. The van der Waals surface area contributed by atoms with Gasteiger partial charge in [-0.15, -0.1) is 0 Å². The second kappa shape index (κ2) is 8.51. The average Bonchev–Trinajstić information content (AvgIpc) is 3.19. The number of hydrazone groups is 1. The van der Waals surface area contributed by atoms with Crippen molar-refractivity contribution in [3.8, 4) is 5.75 Å². The van der Waals surface area contributed by atoms with Crippen molar-refractivity contribution >= 4 is 43.5 Å². The van der Waals surface area contributed by atoms with E-state index in [0.717, 1.165) is 31.5 Å². The highest BCUT2D eigenvalue weighted by Gasteiger charge is 2.34. The lowest BCUT2D eigenvalue weighted by atomic mass is 9.97. The molecule has 0 aromatic heterocycles. The minimum atomic E-state index is -0.181. The van der Waals surface area contributed by atoms with E-state index in [4.69, 9.17) is 9.84 Å². The number of carbonyl (C=O) groups is 1. The molecule has 0 aliphatic carbocycles. The van der Waals surface area contributed by atoms with Gasteiger partial charge in [0.25, 0.3) is 5.91 Å². The van der Waals surface area contributed by atoms with Gasteiger partial charge in [0, 0.05) is 26.5 Å². The number of para-hydroxylation sites is 1. The Labute approximate surface area is 186 Å². The Bertz CT molecular complexity index is 1060. The van der Waals surface area contributed by atoms with Crippen molar-refractivity contribution in [2.24, 2.45) is 5.10 Å². The van der Waals surface area contributed by atoms with Gasteiger partial charge in [0.1, 0.15) is 5.75 Å². The zero-order valence-corrected chi connectivity index (χ0v) is 18.9. The predicted octanol–water partition coefficient (Wildman–Crippen LogP) is 6.21. The molecule has 1 unspecified atom stereocenters. The second-order valence-electron chi connectivity index (χ2n) is 6.68.